The lowest BCUT2D eigenvalue weighted by atomic mass is 10.3. The van der Waals surface area contributed by atoms with Crippen LogP contribution in [0.4, 0.5) is 0 Å². The summed E-state index contributed by atoms with van der Waals surface area (Å²) in [4.78, 5) is 25.5. The highest BCUT2D eigenvalue weighted by Crippen LogP contribution is 2.25. The molecule has 2 rings (SSSR count). The zero-order valence-electron chi connectivity index (χ0n) is 13.0. The maximum absolute atomic E-state index is 11.4. The van der Waals surface area contributed by atoms with Crippen molar-refractivity contribution in [1.29, 1.82) is 0 Å². The fourth-order valence-electron chi connectivity index (χ4n) is 1.57. The number of primary amides is 1. The zero-order chi connectivity index (χ0) is 17.2. The normalized spacial score (nSPS) is 10.0. The van der Waals surface area contributed by atoms with Gasteiger partial charge in [-0.2, -0.15) is 0 Å². The molecule has 1 aromatic heterocycles. The van der Waals surface area contributed by atoms with E-state index >= 15 is 0 Å². The molecular weight excluding hydrogens is 336 g/mol. The molecule has 0 spiro atoms. The first-order valence-corrected chi connectivity index (χ1v) is 8.45. The molecular formula is C15H21ClN4O2S. The van der Waals surface area contributed by atoms with Crippen molar-refractivity contribution in [2.45, 2.75) is 26.2 Å². The van der Waals surface area contributed by atoms with Crippen LogP contribution >= 0.6 is 22.9 Å². The molecule has 0 saturated heterocycles. The summed E-state index contributed by atoms with van der Waals surface area (Å²) in [5.74, 6) is -0.234. The quantitative estimate of drug-likeness (QED) is 0.733. The first-order valence-electron chi connectivity index (χ1n) is 7.26. The van der Waals surface area contributed by atoms with Gasteiger partial charge in [0.15, 0.2) is 0 Å². The molecule has 0 bridgehead atoms. The van der Waals surface area contributed by atoms with Gasteiger partial charge in [-0.3, -0.25) is 9.59 Å². The zero-order valence-corrected chi connectivity index (χ0v) is 14.5. The summed E-state index contributed by atoms with van der Waals surface area (Å²) in [5.41, 5.74) is 10.9. The molecule has 0 aliphatic carbocycles. The van der Waals surface area contributed by atoms with Crippen molar-refractivity contribution >= 4 is 45.0 Å². The Morgan fingerprint density at radius 3 is 2.70 bits per heavy atom. The molecule has 0 radical (unpaired) electrons. The van der Waals surface area contributed by atoms with Crippen LogP contribution in [-0.2, 0) is 16.0 Å². The molecule has 2 amide bonds. The van der Waals surface area contributed by atoms with E-state index in [4.69, 9.17) is 17.3 Å². The number of thiazole rings is 1. The van der Waals surface area contributed by atoms with Crippen LogP contribution in [0.2, 0.25) is 5.02 Å². The lowest BCUT2D eigenvalue weighted by Crippen LogP contribution is -2.29. The van der Waals surface area contributed by atoms with Gasteiger partial charge in [0.25, 0.3) is 0 Å². The van der Waals surface area contributed by atoms with Gasteiger partial charge < -0.3 is 16.8 Å². The molecule has 8 heteroatoms. The molecule has 0 saturated carbocycles. The number of nitrogens with two attached hydrogens (primary N) is 2. The van der Waals surface area contributed by atoms with Crippen LogP contribution in [0.3, 0.4) is 0 Å². The lowest BCUT2D eigenvalue weighted by molar-refractivity contribution is -0.121. The monoisotopic (exact) mass is 356 g/mol. The number of carbonyl (C=O) groups is 2. The second-order valence-electron chi connectivity index (χ2n) is 4.68. The predicted octanol–water partition coefficient (Wildman–Crippen LogP) is 1.84. The predicted molar refractivity (Wildman–Crippen MR) is 94.5 cm³/mol. The van der Waals surface area contributed by atoms with E-state index in [9.17, 15) is 9.59 Å². The Morgan fingerprint density at radius 1 is 1.39 bits per heavy atom. The molecule has 6 nitrogen and oxygen atoms in total. The Balaban J connectivity index is 0.000000463. The fourth-order valence-corrected chi connectivity index (χ4v) is 2.82. The van der Waals surface area contributed by atoms with Gasteiger partial charge in [-0.25, -0.2) is 4.98 Å². The lowest BCUT2D eigenvalue weighted by Gasteiger charge is -2.00. The Kier molecular flexibility index (Phi) is 8.53. The number of amides is 2. The van der Waals surface area contributed by atoms with Gasteiger partial charge >= 0.3 is 0 Å². The van der Waals surface area contributed by atoms with Crippen molar-refractivity contribution in [3.63, 3.8) is 0 Å². The van der Waals surface area contributed by atoms with Gasteiger partial charge in [-0.15, -0.1) is 11.3 Å². The van der Waals surface area contributed by atoms with Crippen molar-refractivity contribution < 1.29 is 9.59 Å². The average molecular weight is 357 g/mol. The van der Waals surface area contributed by atoms with Crippen LogP contribution in [0.5, 0.6) is 0 Å². The SMILES string of the molecule is CCC(N)=O.NCCNC(=O)CCc1nc2ccc(Cl)cc2s1. The maximum atomic E-state index is 11.4. The van der Waals surface area contributed by atoms with Crippen molar-refractivity contribution in [1.82, 2.24) is 10.3 Å². The summed E-state index contributed by atoms with van der Waals surface area (Å²) >= 11 is 7.49. The van der Waals surface area contributed by atoms with Gasteiger partial charge in [0.05, 0.1) is 15.2 Å². The number of nitrogens with zero attached hydrogens (tertiary/aromatic N) is 1. The number of hydrogen-bond acceptors (Lipinski definition) is 5. The summed E-state index contributed by atoms with van der Waals surface area (Å²) in [6, 6.07) is 5.61. The van der Waals surface area contributed by atoms with E-state index < -0.39 is 0 Å². The Morgan fingerprint density at radius 2 is 2.09 bits per heavy atom. The van der Waals surface area contributed by atoms with Crippen molar-refractivity contribution in [3.8, 4) is 0 Å². The van der Waals surface area contributed by atoms with Crippen molar-refractivity contribution in [3.05, 3.63) is 28.2 Å². The number of hydrogen-bond donors (Lipinski definition) is 3. The summed E-state index contributed by atoms with van der Waals surface area (Å²) in [6.07, 6.45) is 1.53. The number of aryl methyl sites for hydroxylation is 1. The number of halogens is 1. The third-order valence-electron chi connectivity index (χ3n) is 2.78. The highest BCUT2D eigenvalue weighted by atomic mass is 35.5. The van der Waals surface area contributed by atoms with Crippen LogP contribution in [0.25, 0.3) is 10.2 Å². The van der Waals surface area contributed by atoms with E-state index in [2.05, 4.69) is 16.0 Å². The van der Waals surface area contributed by atoms with Crippen LogP contribution in [0, 0.1) is 0 Å². The molecule has 23 heavy (non-hydrogen) atoms. The minimum Gasteiger partial charge on any atom is -0.370 e. The number of nitrogens with one attached hydrogen (secondary N) is 1. The molecule has 1 aromatic carbocycles. The van der Waals surface area contributed by atoms with Gasteiger partial charge in [0, 0.05) is 37.4 Å². The van der Waals surface area contributed by atoms with Gasteiger partial charge in [0.2, 0.25) is 11.8 Å². The highest BCUT2D eigenvalue weighted by Gasteiger charge is 2.07. The number of aromatic nitrogens is 1. The summed E-state index contributed by atoms with van der Waals surface area (Å²) in [7, 11) is 0. The van der Waals surface area contributed by atoms with Crippen molar-refractivity contribution in [2.75, 3.05) is 13.1 Å². The van der Waals surface area contributed by atoms with Gasteiger partial charge in [-0.1, -0.05) is 18.5 Å². The molecule has 1 heterocycles. The third kappa shape index (κ3) is 7.40. The summed E-state index contributed by atoms with van der Waals surface area (Å²) in [6.45, 7) is 2.71. The van der Waals surface area contributed by atoms with E-state index in [1.165, 1.54) is 0 Å². The highest BCUT2D eigenvalue weighted by molar-refractivity contribution is 7.18. The Bertz CT molecular complexity index is 660. The topological polar surface area (TPSA) is 111 Å². The van der Waals surface area contributed by atoms with Crippen molar-refractivity contribution in [2.24, 2.45) is 11.5 Å². The van der Waals surface area contributed by atoms with E-state index in [-0.39, 0.29) is 11.8 Å². The number of carbonyl (C=O) groups excluding carboxylic acids is 2. The molecule has 0 atom stereocenters. The Labute approximate surface area is 144 Å². The molecule has 2 aromatic rings. The third-order valence-corrected chi connectivity index (χ3v) is 4.09. The summed E-state index contributed by atoms with van der Waals surface area (Å²) < 4.78 is 1.06. The first-order chi connectivity index (χ1) is 11.0. The molecule has 0 unspecified atom stereocenters. The van der Waals surface area contributed by atoms with Crippen LogP contribution in [0.15, 0.2) is 18.2 Å². The Hall–Kier alpha value is -1.70. The second kappa shape index (κ2) is 10.1. The smallest absolute Gasteiger partial charge is 0.220 e. The molecule has 0 aliphatic rings. The number of fused-ring (bicyclic) bond motifs is 1. The minimum absolute atomic E-state index is 0.0118. The van der Waals surface area contributed by atoms with E-state index in [1.54, 1.807) is 18.3 Å². The standard InChI is InChI=1S/C12H14ClN3OS.C3H7NO/c13-8-1-2-9-10(7-8)18-12(16-9)4-3-11(17)15-6-5-14;1-2-3(4)5/h1-2,7H,3-6,14H2,(H,15,17);2H2,1H3,(H2,4,5). The van der Waals surface area contributed by atoms with E-state index in [0.717, 1.165) is 15.2 Å². The fraction of sp³-hybridized carbons (Fsp3) is 0.400. The van der Waals surface area contributed by atoms with Crippen LogP contribution in [-0.4, -0.2) is 29.9 Å². The summed E-state index contributed by atoms with van der Waals surface area (Å²) in [5, 5.41) is 4.40. The number of rotatable bonds is 6. The first kappa shape index (κ1) is 19.3. The molecule has 0 aliphatic heterocycles. The van der Waals surface area contributed by atoms with Gasteiger partial charge in [0.1, 0.15) is 0 Å². The van der Waals surface area contributed by atoms with E-state index in [1.807, 2.05) is 18.2 Å². The molecule has 0 fully saturated rings. The largest absolute Gasteiger partial charge is 0.370 e. The molecule has 126 valence electrons. The van der Waals surface area contributed by atoms with E-state index in [0.29, 0.717) is 37.4 Å². The number of benzene rings is 1. The van der Waals surface area contributed by atoms with Crippen LogP contribution in [0.1, 0.15) is 24.8 Å². The minimum atomic E-state index is -0.245. The maximum Gasteiger partial charge on any atom is 0.220 e. The van der Waals surface area contributed by atoms with Gasteiger partial charge in [-0.05, 0) is 18.2 Å². The van der Waals surface area contributed by atoms with Crippen LogP contribution < -0.4 is 16.8 Å². The second-order valence-corrected chi connectivity index (χ2v) is 6.23. The average Bonchev–Trinajstić information content (AvgIpc) is 2.93. The molecule has 5 N–H and O–H groups in total.